The molecule has 26 heavy (non-hydrogen) atoms. The molecule has 0 spiro atoms. The largest absolute Gasteiger partial charge is 0.454 e. The van der Waals surface area contributed by atoms with Crippen LogP contribution in [0.3, 0.4) is 0 Å². The third kappa shape index (κ3) is 3.31. The number of amides is 2. The lowest BCUT2D eigenvalue weighted by molar-refractivity contribution is 0.172. The smallest absolute Gasteiger partial charge is 0.318 e. The van der Waals surface area contributed by atoms with Crippen molar-refractivity contribution < 1.29 is 18.7 Å². The van der Waals surface area contributed by atoms with Gasteiger partial charge in [-0.3, -0.25) is 0 Å². The average Bonchev–Trinajstić information content (AvgIpc) is 3.36. The molecule has 1 heterocycles. The van der Waals surface area contributed by atoms with Crippen molar-refractivity contribution in [3.63, 3.8) is 0 Å². The molecular weight excluding hydrogens is 335 g/mol. The molecule has 1 aliphatic carbocycles. The van der Waals surface area contributed by atoms with Gasteiger partial charge in [0.05, 0.1) is 6.04 Å². The number of benzene rings is 2. The van der Waals surface area contributed by atoms with Crippen LogP contribution >= 0.6 is 0 Å². The number of ether oxygens (including phenoxy) is 2. The van der Waals surface area contributed by atoms with Crippen molar-refractivity contribution >= 4 is 6.03 Å². The van der Waals surface area contributed by atoms with Crippen LogP contribution in [0, 0.1) is 5.82 Å². The van der Waals surface area contributed by atoms with Gasteiger partial charge in [0.1, 0.15) is 5.82 Å². The van der Waals surface area contributed by atoms with Crippen LogP contribution in [0.1, 0.15) is 36.9 Å². The fourth-order valence-corrected chi connectivity index (χ4v) is 3.29. The molecule has 0 radical (unpaired) electrons. The highest BCUT2D eigenvalue weighted by Gasteiger charge is 2.37. The maximum atomic E-state index is 14.1. The van der Waals surface area contributed by atoms with Crippen molar-refractivity contribution in [2.45, 2.75) is 38.4 Å². The van der Waals surface area contributed by atoms with E-state index in [9.17, 15) is 9.18 Å². The minimum atomic E-state index is -0.319. The molecule has 0 bridgehead atoms. The zero-order chi connectivity index (χ0) is 18.1. The molecule has 0 saturated heterocycles. The van der Waals surface area contributed by atoms with Crippen molar-refractivity contribution in [3.05, 3.63) is 59.4 Å². The first-order valence-corrected chi connectivity index (χ1v) is 8.82. The maximum absolute atomic E-state index is 14.1. The molecule has 2 aromatic rings. The number of hydrogen-bond acceptors (Lipinski definition) is 3. The van der Waals surface area contributed by atoms with Crippen LogP contribution < -0.4 is 14.8 Å². The summed E-state index contributed by atoms with van der Waals surface area (Å²) in [5.74, 6) is 1.12. The number of carbonyl (C=O) groups excluding carboxylic acids is 1. The molecule has 4 rings (SSSR count). The normalized spacial score (nSPS) is 16.2. The second-order valence-electron chi connectivity index (χ2n) is 6.68. The van der Waals surface area contributed by atoms with Crippen molar-refractivity contribution in [2.24, 2.45) is 0 Å². The lowest BCUT2D eigenvalue weighted by Gasteiger charge is -2.30. The Morgan fingerprint density at radius 1 is 1.23 bits per heavy atom. The van der Waals surface area contributed by atoms with E-state index in [1.165, 1.54) is 6.07 Å². The highest BCUT2D eigenvalue weighted by atomic mass is 19.1. The lowest BCUT2D eigenvalue weighted by Crippen LogP contribution is -2.42. The summed E-state index contributed by atoms with van der Waals surface area (Å²) in [7, 11) is 0. The highest BCUT2D eigenvalue weighted by molar-refractivity contribution is 5.75. The molecule has 2 aromatic carbocycles. The number of urea groups is 1. The molecule has 2 aliphatic rings. The zero-order valence-electron chi connectivity index (χ0n) is 14.6. The summed E-state index contributed by atoms with van der Waals surface area (Å²) in [4.78, 5) is 14.5. The van der Waals surface area contributed by atoms with E-state index in [1.807, 2.05) is 25.1 Å². The van der Waals surface area contributed by atoms with E-state index in [2.05, 4.69) is 5.32 Å². The number of nitrogens with one attached hydrogen (secondary N) is 1. The summed E-state index contributed by atoms with van der Waals surface area (Å²) >= 11 is 0. The Hall–Kier alpha value is -2.76. The van der Waals surface area contributed by atoms with Gasteiger partial charge in [0.15, 0.2) is 11.5 Å². The summed E-state index contributed by atoms with van der Waals surface area (Å²) in [5, 5.41) is 2.95. The predicted molar refractivity (Wildman–Crippen MR) is 94.5 cm³/mol. The van der Waals surface area contributed by atoms with E-state index in [1.54, 1.807) is 23.1 Å². The van der Waals surface area contributed by atoms with Gasteiger partial charge in [-0.1, -0.05) is 24.3 Å². The Morgan fingerprint density at radius 3 is 2.77 bits per heavy atom. The van der Waals surface area contributed by atoms with E-state index in [4.69, 9.17) is 9.47 Å². The monoisotopic (exact) mass is 356 g/mol. The van der Waals surface area contributed by atoms with Gasteiger partial charge in [-0.05, 0) is 43.5 Å². The Kier molecular flexibility index (Phi) is 4.41. The molecule has 1 saturated carbocycles. The summed E-state index contributed by atoms with van der Waals surface area (Å²) in [6, 6.07) is 11.9. The average molecular weight is 356 g/mol. The Balaban J connectivity index is 1.45. The number of nitrogens with zero attached hydrogens (tertiary/aromatic N) is 1. The highest BCUT2D eigenvalue weighted by Crippen LogP contribution is 2.35. The molecule has 6 heteroatoms. The van der Waals surface area contributed by atoms with Crippen LogP contribution in [-0.4, -0.2) is 23.8 Å². The Bertz CT molecular complexity index is 822. The molecule has 1 aliphatic heterocycles. The fraction of sp³-hybridized carbons (Fsp3) is 0.350. The van der Waals surface area contributed by atoms with Gasteiger partial charge in [-0.15, -0.1) is 0 Å². The van der Waals surface area contributed by atoms with Gasteiger partial charge >= 0.3 is 6.03 Å². The van der Waals surface area contributed by atoms with E-state index in [0.717, 1.165) is 18.4 Å². The van der Waals surface area contributed by atoms with Crippen molar-refractivity contribution in [3.8, 4) is 11.5 Å². The van der Waals surface area contributed by atoms with Gasteiger partial charge in [-0.2, -0.15) is 0 Å². The summed E-state index contributed by atoms with van der Waals surface area (Å²) in [6.45, 7) is 2.47. The Morgan fingerprint density at radius 2 is 2.00 bits per heavy atom. The molecule has 1 fully saturated rings. The van der Waals surface area contributed by atoms with Gasteiger partial charge in [-0.25, -0.2) is 9.18 Å². The molecule has 5 nitrogen and oxygen atoms in total. The third-order valence-electron chi connectivity index (χ3n) is 4.83. The molecule has 2 amide bonds. The van der Waals surface area contributed by atoms with Crippen molar-refractivity contribution in [2.75, 3.05) is 6.79 Å². The molecule has 0 unspecified atom stereocenters. The van der Waals surface area contributed by atoms with Crippen LogP contribution in [0.15, 0.2) is 42.5 Å². The van der Waals surface area contributed by atoms with Crippen LogP contribution in [0.2, 0.25) is 0 Å². The van der Waals surface area contributed by atoms with Crippen molar-refractivity contribution in [1.29, 1.82) is 0 Å². The summed E-state index contributed by atoms with van der Waals surface area (Å²) in [6.07, 6.45) is 1.91. The first-order valence-electron chi connectivity index (χ1n) is 8.82. The maximum Gasteiger partial charge on any atom is 0.318 e. The molecule has 136 valence electrons. The first-order chi connectivity index (χ1) is 12.6. The predicted octanol–water partition coefficient (Wildman–Crippen LogP) is 3.99. The van der Waals surface area contributed by atoms with Gasteiger partial charge in [0.2, 0.25) is 6.79 Å². The number of rotatable bonds is 5. The molecule has 1 N–H and O–H groups in total. The standard InChI is InChI=1S/C20H21FN2O3/c1-13(16-4-2-3-5-17(16)21)23(15-7-8-15)20(24)22-11-14-6-9-18-19(10-14)26-12-25-18/h2-6,9-10,13,15H,7-8,11-12H2,1H3,(H,22,24)/t13-/m0/s1. The second-order valence-corrected chi connectivity index (χ2v) is 6.68. The number of carbonyl (C=O) groups is 1. The van der Waals surface area contributed by atoms with Crippen LogP contribution in [0.25, 0.3) is 0 Å². The van der Waals surface area contributed by atoms with Gasteiger partial charge in [0.25, 0.3) is 0 Å². The Labute approximate surface area is 151 Å². The van der Waals surface area contributed by atoms with Crippen LogP contribution in [-0.2, 0) is 6.54 Å². The third-order valence-corrected chi connectivity index (χ3v) is 4.83. The van der Waals surface area contributed by atoms with Crippen LogP contribution in [0.5, 0.6) is 11.5 Å². The summed E-state index contributed by atoms with van der Waals surface area (Å²) < 4.78 is 24.8. The molecule has 0 aromatic heterocycles. The first kappa shape index (κ1) is 16.7. The van der Waals surface area contributed by atoms with E-state index >= 15 is 0 Å². The van der Waals surface area contributed by atoms with E-state index in [-0.39, 0.29) is 30.7 Å². The quantitative estimate of drug-likeness (QED) is 0.881. The second kappa shape index (κ2) is 6.86. The van der Waals surface area contributed by atoms with Crippen LogP contribution in [0.4, 0.5) is 9.18 Å². The van der Waals surface area contributed by atoms with E-state index in [0.29, 0.717) is 23.6 Å². The van der Waals surface area contributed by atoms with Gasteiger partial charge < -0.3 is 19.7 Å². The fourth-order valence-electron chi connectivity index (χ4n) is 3.29. The van der Waals surface area contributed by atoms with E-state index < -0.39 is 0 Å². The number of fused-ring (bicyclic) bond motifs is 1. The summed E-state index contributed by atoms with van der Waals surface area (Å²) in [5.41, 5.74) is 1.47. The minimum absolute atomic E-state index is 0.168. The number of halogens is 1. The minimum Gasteiger partial charge on any atom is -0.454 e. The van der Waals surface area contributed by atoms with Gasteiger partial charge in [0, 0.05) is 18.2 Å². The number of hydrogen-bond donors (Lipinski definition) is 1. The molecular formula is C20H21FN2O3. The SMILES string of the molecule is C[C@@H](c1ccccc1F)N(C(=O)NCc1ccc2c(c1)OCO2)C1CC1. The topological polar surface area (TPSA) is 50.8 Å². The lowest BCUT2D eigenvalue weighted by atomic mass is 10.1. The molecule has 1 atom stereocenters. The van der Waals surface area contributed by atoms with Crippen molar-refractivity contribution in [1.82, 2.24) is 10.2 Å². The zero-order valence-corrected chi connectivity index (χ0v) is 14.6.